The van der Waals surface area contributed by atoms with Crippen LogP contribution in [0.15, 0.2) is 17.1 Å². The Morgan fingerprint density at radius 1 is 1.30 bits per heavy atom. The van der Waals surface area contributed by atoms with E-state index in [1.54, 1.807) is 0 Å². The summed E-state index contributed by atoms with van der Waals surface area (Å²) in [6.07, 6.45) is 5.25. The number of nitrogens with one attached hydrogen (secondary N) is 3. The lowest BCUT2D eigenvalue weighted by atomic mass is 10.1. The summed E-state index contributed by atoms with van der Waals surface area (Å²) in [6.45, 7) is 20.2. The molecular weight excluding hydrogens is 528 g/mol. The molecule has 0 spiro atoms. The van der Waals surface area contributed by atoms with E-state index in [-0.39, 0.29) is 18.2 Å². The van der Waals surface area contributed by atoms with E-state index in [1.165, 1.54) is 11.3 Å². The number of amides is 1. The topological polar surface area (TPSA) is 126 Å². The van der Waals surface area contributed by atoms with Gasteiger partial charge in [-0.3, -0.25) is 9.89 Å². The van der Waals surface area contributed by atoms with Crippen molar-refractivity contribution in [3.8, 4) is 0 Å². The number of aromatic nitrogens is 3. The Balaban J connectivity index is 1.78. The summed E-state index contributed by atoms with van der Waals surface area (Å²) in [6, 6.07) is 2.01. The highest BCUT2D eigenvalue weighted by atomic mass is 32.1. The van der Waals surface area contributed by atoms with Crippen LogP contribution in [-0.4, -0.2) is 76.1 Å². The summed E-state index contributed by atoms with van der Waals surface area (Å²) in [7, 11) is 0. The van der Waals surface area contributed by atoms with Crippen molar-refractivity contribution in [2.45, 2.75) is 91.7 Å². The molecule has 40 heavy (non-hydrogen) atoms. The SMILES string of the molecule is C=Nc1sc(Nc2cc(CN3C[C@@H](C)O[C@@H](C)C3)nc(N[C@H](CC)CCNC(=O)OC(C)(C)C)n2)nc1/C=C\C. The van der Waals surface area contributed by atoms with Gasteiger partial charge in [0.05, 0.1) is 17.9 Å². The first-order valence-corrected chi connectivity index (χ1v) is 14.7. The predicted molar refractivity (Wildman–Crippen MR) is 163 cm³/mol. The van der Waals surface area contributed by atoms with Crippen LogP contribution < -0.4 is 16.0 Å². The van der Waals surface area contributed by atoms with Crippen LogP contribution in [0.2, 0.25) is 0 Å². The van der Waals surface area contributed by atoms with Crippen molar-refractivity contribution in [3.63, 3.8) is 0 Å². The Hall–Kier alpha value is -3.09. The van der Waals surface area contributed by atoms with Crippen LogP contribution >= 0.6 is 11.3 Å². The number of thiazole rings is 1. The van der Waals surface area contributed by atoms with Crippen LogP contribution in [-0.2, 0) is 16.0 Å². The number of alkyl carbamates (subject to hydrolysis) is 1. The fraction of sp³-hybridized carbons (Fsp3) is 0.607. The average molecular weight is 573 g/mol. The van der Waals surface area contributed by atoms with Gasteiger partial charge in [-0.25, -0.2) is 14.8 Å². The number of ether oxygens (including phenoxy) is 2. The molecule has 1 fully saturated rings. The molecule has 1 aliphatic heterocycles. The Morgan fingerprint density at radius 2 is 2.02 bits per heavy atom. The fourth-order valence-electron chi connectivity index (χ4n) is 4.44. The fourth-order valence-corrected chi connectivity index (χ4v) is 5.21. The Labute approximate surface area is 241 Å². The maximum atomic E-state index is 12.1. The van der Waals surface area contributed by atoms with Crippen LogP contribution in [0.3, 0.4) is 0 Å². The van der Waals surface area contributed by atoms with E-state index < -0.39 is 11.7 Å². The zero-order chi connectivity index (χ0) is 29.3. The van der Waals surface area contributed by atoms with E-state index in [1.807, 2.05) is 45.9 Å². The molecule has 3 heterocycles. The number of hydrogen-bond donors (Lipinski definition) is 3. The molecule has 0 radical (unpaired) electrons. The Kier molecular flexibility index (Phi) is 11.4. The first-order valence-electron chi connectivity index (χ1n) is 13.8. The molecule has 11 nitrogen and oxygen atoms in total. The predicted octanol–water partition coefficient (Wildman–Crippen LogP) is 5.76. The first-order chi connectivity index (χ1) is 19.0. The quantitative estimate of drug-likeness (QED) is 0.272. The third-order valence-electron chi connectivity index (χ3n) is 5.98. The van der Waals surface area contributed by atoms with E-state index in [2.05, 4.69) is 58.3 Å². The van der Waals surface area contributed by atoms with Gasteiger partial charge in [0.15, 0.2) is 5.13 Å². The summed E-state index contributed by atoms with van der Waals surface area (Å²) in [4.78, 5) is 32.8. The van der Waals surface area contributed by atoms with E-state index >= 15 is 0 Å². The van der Waals surface area contributed by atoms with Crippen molar-refractivity contribution < 1.29 is 14.3 Å². The Bertz CT molecular complexity index is 1150. The number of carbonyl (C=O) groups is 1. The van der Waals surface area contributed by atoms with Crippen molar-refractivity contribution in [2.75, 3.05) is 30.3 Å². The second kappa shape index (κ2) is 14.5. The minimum absolute atomic E-state index is 0.0548. The number of rotatable bonds is 12. The summed E-state index contributed by atoms with van der Waals surface area (Å²) in [5, 5.41) is 11.1. The lowest BCUT2D eigenvalue weighted by Gasteiger charge is -2.35. The smallest absolute Gasteiger partial charge is 0.407 e. The molecule has 3 rings (SSSR count). The number of allylic oxidation sites excluding steroid dienone is 1. The highest BCUT2D eigenvalue weighted by molar-refractivity contribution is 7.19. The lowest BCUT2D eigenvalue weighted by Crippen LogP contribution is -2.45. The molecule has 220 valence electrons. The van der Waals surface area contributed by atoms with E-state index in [9.17, 15) is 4.79 Å². The zero-order valence-electron chi connectivity index (χ0n) is 24.8. The van der Waals surface area contributed by atoms with Gasteiger partial charge in [0.1, 0.15) is 22.1 Å². The summed E-state index contributed by atoms with van der Waals surface area (Å²) in [5.74, 6) is 1.16. The van der Waals surface area contributed by atoms with Crippen LogP contribution in [0.5, 0.6) is 0 Å². The molecule has 2 aromatic heterocycles. The first kappa shape index (κ1) is 31.4. The van der Waals surface area contributed by atoms with Crippen LogP contribution in [0.1, 0.15) is 72.7 Å². The number of morpholine rings is 1. The third-order valence-corrected chi connectivity index (χ3v) is 6.90. The molecule has 3 N–H and O–H groups in total. The number of nitrogens with zero attached hydrogens (tertiary/aromatic N) is 5. The minimum Gasteiger partial charge on any atom is -0.444 e. The van der Waals surface area contributed by atoms with Gasteiger partial charge in [0, 0.05) is 38.3 Å². The number of carbonyl (C=O) groups excluding carboxylic acids is 1. The Morgan fingerprint density at radius 3 is 2.65 bits per heavy atom. The van der Waals surface area contributed by atoms with E-state index in [4.69, 9.17) is 19.4 Å². The largest absolute Gasteiger partial charge is 0.444 e. The van der Waals surface area contributed by atoms with Gasteiger partial charge in [0.2, 0.25) is 5.95 Å². The summed E-state index contributed by atoms with van der Waals surface area (Å²) < 4.78 is 11.3. The molecule has 0 saturated carbocycles. The minimum atomic E-state index is -0.534. The third kappa shape index (κ3) is 10.1. The highest BCUT2D eigenvalue weighted by Gasteiger charge is 2.23. The zero-order valence-corrected chi connectivity index (χ0v) is 25.6. The van der Waals surface area contributed by atoms with Gasteiger partial charge in [-0.1, -0.05) is 24.3 Å². The van der Waals surface area contributed by atoms with Gasteiger partial charge in [-0.15, -0.1) is 0 Å². The number of anilines is 3. The summed E-state index contributed by atoms with van der Waals surface area (Å²) in [5.41, 5.74) is 1.11. The standard InChI is InChI=1S/C28H44N8O3S/c1-9-11-22-24(29-8)40-26(33-22)35-23-14-21(17-36-15-18(3)38-19(4)16-36)32-25(34-23)31-20(10-2)12-13-30-27(37)39-28(5,6)7/h9,11,14,18-20H,8,10,12-13,15-17H2,1-7H3,(H,30,37)(H2,31,32,33,34,35)/b11-9-/t18-,19+,20-/m1/s1. The second-order valence-corrected chi connectivity index (χ2v) is 12.0. The van der Waals surface area contributed by atoms with Crippen molar-refractivity contribution in [1.29, 1.82) is 0 Å². The van der Waals surface area contributed by atoms with E-state index in [0.29, 0.717) is 36.4 Å². The molecule has 0 bridgehead atoms. The molecule has 12 heteroatoms. The molecule has 0 unspecified atom stereocenters. The molecule has 0 aliphatic carbocycles. The molecule has 2 aromatic rings. The molecular formula is C28H44N8O3S. The number of hydrogen-bond acceptors (Lipinski definition) is 11. The average Bonchev–Trinajstić information content (AvgIpc) is 3.22. The monoisotopic (exact) mass is 572 g/mol. The van der Waals surface area contributed by atoms with E-state index in [0.717, 1.165) is 35.9 Å². The van der Waals surface area contributed by atoms with Crippen molar-refractivity contribution in [3.05, 3.63) is 23.5 Å². The van der Waals surface area contributed by atoms with Gasteiger partial charge < -0.3 is 25.4 Å². The van der Waals surface area contributed by atoms with Crippen molar-refractivity contribution in [2.24, 2.45) is 4.99 Å². The van der Waals surface area contributed by atoms with Crippen LogP contribution in [0.4, 0.5) is 26.7 Å². The molecule has 1 aliphatic rings. The van der Waals surface area contributed by atoms with Gasteiger partial charge >= 0.3 is 6.09 Å². The second-order valence-electron chi connectivity index (χ2n) is 11.0. The van der Waals surface area contributed by atoms with Gasteiger partial charge in [-0.2, -0.15) is 4.98 Å². The van der Waals surface area contributed by atoms with Crippen LogP contribution in [0.25, 0.3) is 6.08 Å². The van der Waals surface area contributed by atoms with Gasteiger partial charge in [0.25, 0.3) is 0 Å². The maximum absolute atomic E-state index is 12.1. The maximum Gasteiger partial charge on any atom is 0.407 e. The molecule has 3 atom stereocenters. The van der Waals surface area contributed by atoms with Crippen LogP contribution in [0, 0.1) is 0 Å². The van der Waals surface area contributed by atoms with Crippen molar-refractivity contribution in [1.82, 2.24) is 25.2 Å². The number of aliphatic imine (C=N–C) groups is 1. The normalized spacial score (nSPS) is 18.9. The lowest BCUT2D eigenvalue weighted by molar-refractivity contribution is -0.0707. The van der Waals surface area contributed by atoms with Crippen molar-refractivity contribution >= 4 is 52.1 Å². The molecule has 0 aromatic carbocycles. The summed E-state index contributed by atoms with van der Waals surface area (Å²) >= 11 is 1.42. The highest BCUT2D eigenvalue weighted by Crippen LogP contribution is 2.33. The molecule has 1 saturated heterocycles. The van der Waals surface area contributed by atoms with Gasteiger partial charge in [-0.05, 0) is 67.2 Å². The molecule has 1 amide bonds.